The van der Waals surface area contributed by atoms with Crippen LogP contribution in [0.4, 0.5) is 22.0 Å². The molecule has 2 aromatic heterocycles. The quantitative estimate of drug-likeness (QED) is 0.341. The van der Waals surface area contributed by atoms with E-state index in [-0.39, 0.29) is 0 Å². The number of fused-ring (bicyclic) bond motifs is 1. The van der Waals surface area contributed by atoms with Gasteiger partial charge in [0.1, 0.15) is 0 Å². The van der Waals surface area contributed by atoms with E-state index in [1.165, 1.54) is 0 Å². The van der Waals surface area contributed by atoms with Gasteiger partial charge < -0.3 is 16.4 Å². The first-order valence-corrected chi connectivity index (χ1v) is 10.9. The fraction of sp³-hybridized carbons (Fsp3) is 0.174. The highest BCUT2D eigenvalue weighted by Crippen LogP contribution is 2.42. The number of nitrogens with two attached hydrogens (primary N) is 1. The smallest absolute Gasteiger partial charge is 0.323 e. The van der Waals surface area contributed by atoms with E-state index in [1.807, 2.05) is 31.3 Å². The normalized spacial score (nSPS) is 13.3. The topological polar surface area (TPSA) is 97.9 Å². The first-order valence-electron chi connectivity index (χ1n) is 10.2. The number of anilines is 3. The Bertz CT molecular complexity index is 1350. The van der Waals surface area contributed by atoms with Crippen LogP contribution in [-0.2, 0) is 7.05 Å². The van der Waals surface area contributed by atoms with Gasteiger partial charge in [-0.25, -0.2) is 14.5 Å². The van der Waals surface area contributed by atoms with E-state index in [1.54, 1.807) is 22.9 Å². The van der Waals surface area contributed by atoms with Gasteiger partial charge in [-0.1, -0.05) is 35.3 Å². The Morgan fingerprint density at radius 2 is 1.84 bits per heavy atom. The molecule has 1 fully saturated rings. The lowest BCUT2D eigenvalue weighted by Gasteiger charge is -2.11. The molecule has 0 aliphatic heterocycles. The van der Waals surface area contributed by atoms with Crippen LogP contribution < -0.4 is 16.4 Å². The fourth-order valence-corrected chi connectivity index (χ4v) is 4.18. The second-order valence-electron chi connectivity index (χ2n) is 7.86. The molecule has 1 aliphatic carbocycles. The van der Waals surface area contributed by atoms with Crippen LogP contribution in [0.15, 0.2) is 48.5 Å². The lowest BCUT2D eigenvalue weighted by molar-refractivity contribution is 0.262. The summed E-state index contributed by atoms with van der Waals surface area (Å²) in [5.41, 5.74) is 11.1. The van der Waals surface area contributed by atoms with E-state index >= 15 is 0 Å². The number of hydrogen-bond acceptors (Lipinski definition) is 4. The van der Waals surface area contributed by atoms with E-state index in [4.69, 9.17) is 33.9 Å². The van der Waals surface area contributed by atoms with Gasteiger partial charge in [0, 0.05) is 29.4 Å². The second-order valence-corrected chi connectivity index (χ2v) is 8.70. The summed E-state index contributed by atoms with van der Waals surface area (Å²) in [5, 5.41) is 11.6. The summed E-state index contributed by atoms with van der Waals surface area (Å²) in [5.74, 6) is 0.951. The molecule has 4 N–H and O–H groups in total. The monoisotopic (exact) mass is 466 g/mol. The SMILES string of the molecule is Cn1nc(N)c2c(-c3ccc(NC(=O)Nc4ccc(Cl)cc4Cl)cc3)cc(C3CC3)nc21. The Balaban J connectivity index is 1.40. The lowest BCUT2D eigenvalue weighted by atomic mass is 10.0. The van der Waals surface area contributed by atoms with E-state index < -0.39 is 6.03 Å². The third-order valence-electron chi connectivity index (χ3n) is 5.47. The van der Waals surface area contributed by atoms with Crippen LogP contribution >= 0.6 is 23.2 Å². The number of pyridine rings is 1. The molecule has 0 radical (unpaired) electrons. The highest BCUT2D eigenvalue weighted by molar-refractivity contribution is 6.36. The molecule has 0 atom stereocenters. The summed E-state index contributed by atoms with van der Waals surface area (Å²) >= 11 is 12.0. The van der Waals surface area contributed by atoms with Crippen LogP contribution in [-0.4, -0.2) is 20.8 Å². The molecular formula is C23H20Cl2N6O. The molecule has 162 valence electrons. The van der Waals surface area contributed by atoms with Crippen molar-refractivity contribution in [2.45, 2.75) is 18.8 Å². The van der Waals surface area contributed by atoms with Crippen LogP contribution in [0.5, 0.6) is 0 Å². The Morgan fingerprint density at radius 1 is 1.09 bits per heavy atom. The van der Waals surface area contributed by atoms with Crippen molar-refractivity contribution >= 4 is 57.5 Å². The van der Waals surface area contributed by atoms with Gasteiger partial charge >= 0.3 is 6.03 Å². The molecule has 2 amide bonds. The Hall–Kier alpha value is -3.29. The van der Waals surface area contributed by atoms with Crippen molar-refractivity contribution in [3.63, 3.8) is 0 Å². The standard InChI is InChI=1S/C23H20Cl2N6O/c1-31-22-20(21(26)30-31)16(11-19(28-22)13-2-3-13)12-4-7-15(8-5-12)27-23(32)29-18-9-6-14(24)10-17(18)25/h4-11,13H,2-3H2,1H3,(H2,26,30)(H2,27,29,32). The van der Waals surface area contributed by atoms with E-state index in [0.29, 0.717) is 33.2 Å². The molecule has 4 aromatic rings. The number of amides is 2. The van der Waals surface area contributed by atoms with Crippen molar-refractivity contribution in [3.05, 3.63) is 64.3 Å². The number of halogens is 2. The molecule has 0 spiro atoms. The number of rotatable bonds is 4. The number of carbonyl (C=O) groups is 1. The van der Waals surface area contributed by atoms with Crippen molar-refractivity contribution in [1.82, 2.24) is 14.8 Å². The van der Waals surface area contributed by atoms with E-state index in [0.717, 1.165) is 40.7 Å². The van der Waals surface area contributed by atoms with Crippen molar-refractivity contribution in [3.8, 4) is 11.1 Å². The van der Waals surface area contributed by atoms with Gasteiger partial charge in [0.2, 0.25) is 0 Å². The maximum absolute atomic E-state index is 12.4. The van der Waals surface area contributed by atoms with E-state index in [2.05, 4.69) is 21.8 Å². The summed E-state index contributed by atoms with van der Waals surface area (Å²) in [7, 11) is 1.85. The number of benzene rings is 2. The predicted octanol–water partition coefficient (Wildman–Crippen LogP) is 6.05. The molecule has 5 rings (SSSR count). The maximum Gasteiger partial charge on any atom is 0.323 e. The zero-order valence-electron chi connectivity index (χ0n) is 17.2. The van der Waals surface area contributed by atoms with Gasteiger partial charge in [-0.15, -0.1) is 0 Å². The lowest BCUT2D eigenvalue weighted by Crippen LogP contribution is -2.19. The van der Waals surface area contributed by atoms with Gasteiger partial charge in [-0.2, -0.15) is 5.10 Å². The summed E-state index contributed by atoms with van der Waals surface area (Å²) in [6.45, 7) is 0. The molecule has 0 unspecified atom stereocenters. The van der Waals surface area contributed by atoms with Crippen LogP contribution in [0.2, 0.25) is 10.0 Å². The zero-order chi connectivity index (χ0) is 22.4. The average molecular weight is 467 g/mol. The minimum Gasteiger partial charge on any atom is -0.382 e. The Kier molecular flexibility index (Phi) is 5.15. The van der Waals surface area contributed by atoms with Crippen molar-refractivity contribution in [1.29, 1.82) is 0 Å². The molecule has 0 saturated heterocycles. The van der Waals surface area contributed by atoms with Crippen LogP contribution in [0.25, 0.3) is 22.2 Å². The highest BCUT2D eigenvalue weighted by atomic mass is 35.5. The maximum atomic E-state index is 12.4. The number of nitrogens with zero attached hydrogens (tertiary/aromatic N) is 3. The summed E-state index contributed by atoms with van der Waals surface area (Å²) in [4.78, 5) is 17.2. The molecular weight excluding hydrogens is 447 g/mol. The highest BCUT2D eigenvalue weighted by Gasteiger charge is 2.27. The largest absolute Gasteiger partial charge is 0.382 e. The van der Waals surface area contributed by atoms with E-state index in [9.17, 15) is 4.79 Å². The van der Waals surface area contributed by atoms with Gasteiger partial charge in [0.15, 0.2) is 11.5 Å². The molecule has 2 heterocycles. The molecule has 7 nitrogen and oxygen atoms in total. The molecule has 1 aliphatic rings. The molecule has 32 heavy (non-hydrogen) atoms. The second kappa shape index (κ2) is 8.00. The number of aromatic nitrogens is 3. The molecule has 0 bridgehead atoms. The third kappa shape index (κ3) is 3.97. The first-order chi connectivity index (χ1) is 15.4. The van der Waals surface area contributed by atoms with Crippen LogP contribution in [0.3, 0.4) is 0 Å². The average Bonchev–Trinajstić information content (AvgIpc) is 3.56. The number of nitrogens with one attached hydrogen (secondary N) is 2. The number of carbonyl (C=O) groups excluding carboxylic acids is 1. The minimum atomic E-state index is -0.402. The zero-order valence-corrected chi connectivity index (χ0v) is 18.7. The van der Waals surface area contributed by atoms with Crippen LogP contribution in [0.1, 0.15) is 24.5 Å². The van der Waals surface area contributed by atoms with Gasteiger partial charge in [0.05, 0.1) is 16.1 Å². The molecule has 1 saturated carbocycles. The van der Waals surface area contributed by atoms with Gasteiger partial charge in [-0.05, 0) is 60.4 Å². The number of hydrogen-bond donors (Lipinski definition) is 3. The summed E-state index contributed by atoms with van der Waals surface area (Å²) in [6.07, 6.45) is 2.31. The summed E-state index contributed by atoms with van der Waals surface area (Å²) in [6, 6.07) is 14.2. The Labute approximate surface area is 194 Å². The van der Waals surface area contributed by atoms with Crippen molar-refractivity contribution in [2.24, 2.45) is 7.05 Å². The first kappa shape index (κ1) is 20.6. The van der Waals surface area contributed by atoms with Crippen LogP contribution in [0, 0.1) is 0 Å². The number of aryl methyl sites for hydroxylation is 1. The summed E-state index contributed by atoms with van der Waals surface area (Å²) < 4.78 is 1.72. The number of nitrogen functional groups attached to an aromatic ring is 1. The van der Waals surface area contributed by atoms with Crippen molar-refractivity contribution in [2.75, 3.05) is 16.4 Å². The third-order valence-corrected chi connectivity index (χ3v) is 6.02. The molecule has 2 aromatic carbocycles. The van der Waals surface area contributed by atoms with Gasteiger partial charge in [0.25, 0.3) is 0 Å². The van der Waals surface area contributed by atoms with Crippen molar-refractivity contribution < 1.29 is 4.79 Å². The number of urea groups is 1. The Morgan fingerprint density at radius 3 is 2.53 bits per heavy atom. The molecule has 9 heteroatoms. The fourth-order valence-electron chi connectivity index (χ4n) is 3.72. The minimum absolute atomic E-state index is 0.366. The predicted molar refractivity (Wildman–Crippen MR) is 129 cm³/mol. The van der Waals surface area contributed by atoms with Gasteiger partial charge in [-0.3, -0.25) is 0 Å².